The number of hydrogen-bond acceptors (Lipinski definition) is 5. The first kappa shape index (κ1) is 12.9. The first-order chi connectivity index (χ1) is 9.63. The van der Waals surface area contributed by atoms with Crippen LogP contribution in [0.3, 0.4) is 0 Å². The van der Waals surface area contributed by atoms with Crippen LogP contribution in [0.5, 0.6) is 0 Å². The molecule has 102 valence electrons. The second kappa shape index (κ2) is 5.09. The lowest BCUT2D eigenvalue weighted by Crippen LogP contribution is -1.96. The molecule has 0 aliphatic heterocycles. The van der Waals surface area contributed by atoms with E-state index in [1.54, 1.807) is 17.4 Å². The molecular weight excluding hydrogens is 270 g/mol. The summed E-state index contributed by atoms with van der Waals surface area (Å²) in [6, 6.07) is 10.1. The summed E-state index contributed by atoms with van der Waals surface area (Å²) in [5, 5.41) is 7.12. The van der Waals surface area contributed by atoms with Crippen LogP contribution in [0.4, 0.5) is 5.88 Å². The maximum absolute atomic E-state index is 5.56. The number of rotatable bonds is 3. The lowest BCUT2D eigenvalue weighted by molar-refractivity contribution is 0.425. The number of aryl methyl sites for hydroxylation is 1. The molecule has 0 radical (unpaired) electrons. The largest absolute Gasteiger partial charge is 0.368 e. The molecule has 1 aromatic carbocycles. The number of thiazole rings is 1. The standard InChI is InChI=1S/C15H15N3OS/c1-9(13-7-15(16)19-18-13)11-3-5-12(6-4-11)14-8-20-10(2)17-14/h3-9H,16H2,1-2H3. The molecular formula is C15H15N3OS. The molecule has 0 aliphatic carbocycles. The molecule has 3 rings (SSSR count). The molecule has 1 unspecified atom stereocenters. The van der Waals surface area contributed by atoms with Crippen LogP contribution in [0.2, 0.25) is 0 Å². The molecule has 0 fully saturated rings. The monoisotopic (exact) mass is 285 g/mol. The van der Waals surface area contributed by atoms with E-state index in [-0.39, 0.29) is 5.92 Å². The third-order valence-electron chi connectivity index (χ3n) is 3.32. The van der Waals surface area contributed by atoms with E-state index in [0.29, 0.717) is 5.88 Å². The van der Waals surface area contributed by atoms with Gasteiger partial charge in [-0.25, -0.2) is 4.98 Å². The summed E-state index contributed by atoms with van der Waals surface area (Å²) in [6.07, 6.45) is 0. The zero-order valence-electron chi connectivity index (χ0n) is 11.3. The van der Waals surface area contributed by atoms with Crippen molar-refractivity contribution >= 4 is 17.2 Å². The number of hydrogen-bond donors (Lipinski definition) is 1. The van der Waals surface area contributed by atoms with E-state index in [9.17, 15) is 0 Å². The van der Waals surface area contributed by atoms with Gasteiger partial charge in [-0.3, -0.25) is 0 Å². The zero-order valence-corrected chi connectivity index (χ0v) is 12.1. The lowest BCUT2D eigenvalue weighted by Gasteiger charge is -2.08. The van der Waals surface area contributed by atoms with Crippen LogP contribution < -0.4 is 5.73 Å². The number of anilines is 1. The van der Waals surface area contributed by atoms with E-state index in [4.69, 9.17) is 10.3 Å². The highest BCUT2D eigenvalue weighted by Gasteiger charge is 2.13. The molecule has 0 aliphatic rings. The van der Waals surface area contributed by atoms with Crippen molar-refractivity contribution in [2.45, 2.75) is 19.8 Å². The second-order valence-electron chi connectivity index (χ2n) is 4.75. The van der Waals surface area contributed by atoms with Crippen LogP contribution in [0.25, 0.3) is 11.3 Å². The topological polar surface area (TPSA) is 64.9 Å². The highest BCUT2D eigenvalue weighted by molar-refractivity contribution is 7.09. The van der Waals surface area contributed by atoms with Gasteiger partial charge in [-0.2, -0.15) is 0 Å². The summed E-state index contributed by atoms with van der Waals surface area (Å²) >= 11 is 1.66. The van der Waals surface area contributed by atoms with Crippen molar-refractivity contribution in [1.82, 2.24) is 10.1 Å². The van der Waals surface area contributed by atoms with Crippen molar-refractivity contribution in [2.75, 3.05) is 5.73 Å². The number of benzene rings is 1. The minimum absolute atomic E-state index is 0.155. The van der Waals surface area contributed by atoms with Gasteiger partial charge in [0, 0.05) is 22.9 Å². The Bertz CT molecular complexity index is 715. The smallest absolute Gasteiger partial charge is 0.222 e. The Hall–Kier alpha value is -2.14. The van der Waals surface area contributed by atoms with Gasteiger partial charge < -0.3 is 10.3 Å². The van der Waals surface area contributed by atoms with E-state index in [1.807, 2.05) is 6.92 Å². The van der Waals surface area contributed by atoms with E-state index in [1.165, 1.54) is 5.56 Å². The number of nitrogens with zero attached hydrogens (tertiary/aromatic N) is 2. The number of aromatic nitrogens is 2. The SMILES string of the molecule is Cc1nc(-c2ccc(C(C)c3cc(N)on3)cc2)cs1. The fourth-order valence-corrected chi connectivity index (χ4v) is 2.74. The van der Waals surface area contributed by atoms with E-state index in [0.717, 1.165) is 22.0 Å². The fraction of sp³-hybridized carbons (Fsp3) is 0.200. The molecule has 2 aromatic heterocycles. The van der Waals surface area contributed by atoms with Crippen LogP contribution in [0.1, 0.15) is 29.1 Å². The first-order valence-electron chi connectivity index (χ1n) is 6.38. The summed E-state index contributed by atoms with van der Waals surface area (Å²) in [4.78, 5) is 4.49. The molecule has 0 spiro atoms. The molecule has 0 saturated heterocycles. The molecule has 5 heteroatoms. The Morgan fingerprint density at radius 3 is 2.55 bits per heavy atom. The van der Waals surface area contributed by atoms with Gasteiger partial charge in [0.05, 0.1) is 16.4 Å². The fourth-order valence-electron chi connectivity index (χ4n) is 2.12. The van der Waals surface area contributed by atoms with Crippen LogP contribution in [-0.4, -0.2) is 10.1 Å². The Kier molecular flexibility index (Phi) is 3.28. The third kappa shape index (κ3) is 2.44. The molecule has 20 heavy (non-hydrogen) atoms. The average Bonchev–Trinajstić information content (AvgIpc) is 3.07. The van der Waals surface area contributed by atoms with Crippen molar-refractivity contribution < 1.29 is 4.52 Å². The van der Waals surface area contributed by atoms with E-state index < -0.39 is 0 Å². The van der Waals surface area contributed by atoms with Gasteiger partial charge in [-0.15, -0.1) is 11.3 Å². The summed E-state index contributed by atoms with van der Waals surface area (Å²) in [5.74, 6) is 0.503. The van der Waals surface area contributed by atoms with Gasteiger partial charge >= 0.3 is 0 Å². The maximum Gasteiger partial charge on any atom is 0.222 e. The van der Waals surface area contributed by atoms with Crippen LogP contribution in [0.15, 0.2) is 40.2 Å². The molecule has 2 heterocycles. The Morgan fingerprint density at radius 1 is 1.25 bits per heavy atom. The van der Waals surface area contributed by atoms with Gasteiger partial charge in [-0.05, 0) is 12.5 Å². The van der Waals surface area contributed by atoms with Crippen molar-refractivity contribution in [2.24, 2.45) is 0 Å². The van der Waals surface area contributed by atoms with Gasteiger partial charge in [0.1, 0.15) is 0 Å². The normalized spacial score (nSPS) is 12.5. The van der Waals surface area contributed by atoms with Crippen LogP contribution >= 0.6 is 11.3 Å². The first-order valence-corrected chi connectivity index (χ1v) is 7.26. The Labute approximate surface area is 121 Å². The summed E-state index contributed by atoms with van der Waals surface area (Å²) < 4.78 is 4.92. The molecule has 2 N–H and O–H groups in total. The van der Waals surface area contributed by atoms with Crippen molar-refractivity contribution in [1.29, 1.82) is 0 Å². The zero-order chi connectivity index (χ0) is 14.1. The summed E-state index contributed by atoms with van der Waals surface area (Å²) in [7, 11) is 0. The van der Waals surface area contributed by atoms with E-state index >= 15 is 0 Å². The minimum atomic E-state index is 0.155. The van der Waals surface area contributed by atoms with Crippen molar-refractivity contribution in [3.05, 3.63) is 52.0 Å². The second-order valence-corrected chi connectivity index (χ2v) is 5.81. The Balaban J connectivity index is 1.86. The quantitative estimate of drug-likeness (QED) is 0.794. The molecule has 0 saturated carbocycles. The summed E-state index contributed by atoms with van der Waals surface area (Å²) in [6.45, 7) is 4.10. The highest BCUT2D eigenvalue weighted by Crippen LogP contribution is 2.27. The van der Waals surface area contributed by atoms with E-state index in [2.05, 4.69) is 46.7 Å². The number of nitrogens with two attached hydrogens (primary N) is 1. The average molecular weight is 285 g/mol. The predicted octanol–water partition coefficient (Wildman–Crippen LogP) is 3.84. The van der Waals surface area contributed by atoms with Crippen molar-refractivity contribution in [3.63, 3.8) is 0 Å². The molecule has 0 amide bonds. The molecule has 1 atom stereocenters. The van der Waals surface area contributed by atoms with Crippen molar-refractivity contribution in [3.8, 4) is 11.3 Å². The van der Waals surface area contributed by atoms with Gasteiger partial charge in [0.25, 0.3) is 0 Å². The predicted molar refractivity (Wildman–Crippen MR) is 80.7 cm³/mol. The highest BCUT2D eigenvalue weighted by atomic mass is 32.1. The lowest BCUT2D eigenvalue weighted by atomic mass is 9.96. The van der Waals surface area contributed by atoms with Gasteiger partial charge in [-0.1, -0.05) is 36.3 Å². The number of nitrogen functional groups attached to an aromatic ring is 1. The van der Waals surface area contributed by atoms with Gasteiger partial charge in [0.2, 0.25) is 5.88 Å². The minimum Gasteiger partial charge on any atom is -0.368 e. The molecule has 4 nitrogen and oxygen atoms in total. The summed E-state index contributed by atoms with van der Waals surface area (Å²) in [5.41, 5.74) is 9.74. The van der Waals surface area contributed by atoms with Crippen LogP contribution in [0, 0.1) is 6.92 Å². The Morgan fingerprint density at radius 2 is 2.00 bits per heavy atom. The maximum atomic E-state index is 5.56. The van der Waals surface area contributed by atoms with Gasteiger partial charge in [0.15, 0.2) is 0 Å². The molecule has 3 aromatic rings. The third-order valence-corrected chi connectivity index (χ3v) is 4.09. The van der Waals surface area contributed by atoms with Crippen LogP contribution in [-0.2, 0) is 0 Å². The molecule has 0 bridgehead atoms.